The maximum absolute atomic E-state index is 13.2. The van der Waals surface area contributed by atoms with Gasteiger partial charge in [0.05, 0.1) is 5.60 Å². The molecule has 0 radical (unpaired) electrons. The molecule has 3 saturated heterocycles. The fourth-order valence-corrected chi connectivity index (χ4v) is 5.84. The maximum atomic E-state index is 13.2. The first-order valence-corrected chi connectivity index (χ1v) is 12.0. The van der Waals surface area contributed by atoms with E-state index in [-0.39, 0.29) is 11.5 Å². The molecule has 1 spiro atoms. The third-order valence-corrected chi connectivity index (χ3v) is 7.85. The Kier molecular flexibility index (Phi) is 5.80. The van der Waals surface area contributed by atoms with Crippen molar-refractivity contribution in [3.8, 4) is 0 Å². The van der Waals surface area contributed by atoms with Crippen LogP contribution in [0.4, 0.5) is 0 Å². The SMILES string of the molecule is CC(C)N1CCN([C@H]2CCOC3(CCN(C(=O)c4cccc5[nH]ccc45)CC3)C2)CC1. The van der Waals surface area contributed by atoms with Crippen LogP contribution in [0, 0.1) is 0 Å². The number of aromatic nitrogens is 1. The van der Waals surface area contributed by atoms with Gasteiger partial charge in [-0.2, -0.15) is 0 Å². The Bertz CT molecular complexity index is 907. The summed E-state index contributed by atoms with van der Waals surface area (Å²) in [5, 5.41) is 1.02. The van der Waals surface area contributed by atoms with Crippen LogP contribution in [0.25, 0.3) is 10.9 Å². The normalized spacial score (nSPS) is 25.5. The number of rotatable bonds is 3. The van der Waals surface area contributed by atoms with E-state index in [0.29, 0.717) is 12.1 Å². The van der Waals surface area contributed by atoms with E-state index in [4.69, 9.17) is 4.74 Å². The smallest absolute Gasteiger partial charge is 0.254 e. The summed E-state index contributed by atoms with van der Waals surface area (Å²) in [5.74, 6) is 0.150. The number of likely N-dealkylation sites (tertiary alicyclic amines) is 1. The van der Waals surface area contributed by atoms with Crippen molar-refractivity contribution < 1.29 is 9.53 Å². The average Bonchev–Trinajstić information content (AvgIpc) is 3.28. The number of carbonyl (C=O) groups excluding carboxylic acids is 1. The molecule has 3 fully saturated rings. The summed E-state index contributed by atoms with van der Waals surface area (Å²) in [7, 11) is 0. The van der Waals surface area contributed by atoms with Gasteiger partial charge in [0.15, 0.2) is 0 Å². The lowest BCUT2D eigenvalue weighted by atomic mass is 9.81. The summed E-state index contributed by atoms with van der Waals surface area (Å²) in [4.78, 5) is 23.8. The highest BCUT2D eigenvalue weighted by Crippen LogP contribution is 2.37. The second-order valence-corrected chi connectivity index (χ2v) is 9.88. The highest BCUT2D eigenvalue weighted by Gasteiger charge is 2.43. The van der Waals surface area contributed by atoms with Crippen LogP contribution in [0.2, 0.25) is 0 Å². The van der Waals surface area contributed by atoms with Crippen molar-refractivity contribution in [2.75, 3.05) is 45.9 Å². The first kappa shape index (κ1) is 21.0. The zero-order valence-corrected chi connectivity index (χ0v) is 19.0. The lowest BCUT2D eigenvalue weighted by molar-refractivity contribution is -0.132. The Labute approximate surface area is 185 Å². The number of carbonyl (C=O) groups is 1. The maximum Gasteiger partial charge on any atom is 0.254 e. The van der Waals surface area contributed by atoms with E-state index in [1.54, 1.807) is 0 Å². The number of piperazine rings is 1. The highest BCUT2D eigenvalue weighted by atomic mass is 16.5. The molecule has 3 aliphatic rings. The van der Waals surface area contributed by atoms with E-state index < -0.39 is 0 Å². The number of amides is 1. The Morgan fingerprint density at radius 3 is 2.61 bits per heavy atom. The first-order chi connectivity index (χ1) is 15.0. The fraction of sp³-hybridized carbons (Fsp3) is 0.640. The van der Waals surface area contributed by atoms with E-state index >= 15 is 0 Å². The number of ether oxygens (including phenoxy) is 1. The van der Waals surface area contributed by atoms with Gasteiger partial charge in [-0.1, -0.05) is 6.07 Å². The molecule has 0 bridgehead atoms. The third kappa shape index (κ3) is 4.13. The van der Waals surface area contributed by atoms with Crippen molar-refractivity contribution in [1.82, 2.24) is 19.7 Å². The second-order valence-electron chi connectivity index (χ2n) is 9.88. The lowest BCUT2D eigenvalue weighted by Crippen LogP contribution is -2.58. The molecule has 6 nitrogen and oxygen atoms in total. The number of fused-ring (bicyclic) bond motifs is 1. The lowest BCUT2D eigenvalue weighted by Gasteiger charge is -2.50. The van der Waals surface area contributed by atoms with Gasteiger partial charge in [-0.05, 0) is 57.7 Å². The van der Waals surface area contributed by atoms with Crippen molar-refractivity contribution in [2.45, 2.75) is 57.2 Å². The van der Waals surface area contributed by atoms with Gasteiger partial charge in [-0.25, -0.2) is 0 Å². The largest absolute Gasteiger partial charge is 0.375 e. The number of aromatic amines is 1. The molecule has 0 unspecified atom stereocenters. The standard InChI is InChI=1S/C25H36N4O2/c1-19(2)27-13-15-28(16-14-27)20-7-17-31-25(18-20)8-11-29(12-9-25)24(30)22-4-3-5-23-21(22)6-10-26-23/h3-6,10,19-20,26H,7-9,11-18H2,1-2H3/t20-/m0/s1. The Morgan fingerprint density at radius 1 is 1.10 bits per heavy atom. The Balaban J connectivity index is 1.20. The van der Waals surface area contributed by atoms with Crippen molar-refractivity contribution in [2.24, 2.45) is 0 Å². The Morgan fingerprint density at radius 2 is 1.87 bits per heavy atom. The minimum absolute atomic E-state index is 0.0467. The van der Waals surface area contributed by atoms with Crippen molar-refractivity contribution in [1.29, 1.82) is 0 Å². The van der Waals surface area contributed by atoms with Crippen LogP contribution < -0.4 is 0 Å². The van der Waals surface area contributed by atoms with Gasteiger partial charge >= 0.3 is 0 Å². The van der Waals surface area contributed by atoms with Gasteiger partial charge in [0.25, 0.3) is 5.91 Å². The Hall–Kier alpha value is -1.89. The number of hydrogen-bond acceptors (Lipinski definition) is 4. The first-order valence-electron chi connectivity index (χ1n) is 12.0. The van der Waals surface area contributed by atoms with Gasteiger partial charge in [-0.3, -0.25) is 14.6 Å². The average molecular weight is 425 g/mol. The highest BCUT2D eigenvalue weighted by molar-refractivity contribution is 6.06. The van der Waals surface area contributed by atoms with Crippen molar-refractivity contribution in [3.05, 3.63) is 36.0 Å². The molecule has 6 heteroatoms. The third-order valence-electron chi connectivity index (χ3n) is 7.85. The van der Waals surface area contributed by atoms with Gasteiger partial charge in [0.2, 0.25) is 0 Å². The molecular formula is C25H36N4O2. The number of nitrogens with zero attached hydrogens (tertiary/aromatic N) is 3. The molecule has 1 aromatic heterocycles. The molecule has 31 heavy (non-hydrogen) atoms. The summed E-state index contributed by atoms with van der Waals surface area (Å²) in [6.07, 6.45) is 6.06. The van der Waals surface area contributed by atoms with Crippen LogP contribution in [0.1, 0.15) is 49.9 Å². The minimum Gasteiger partial charge on any atom is -0.375 e. The summed E-state index contributed by atoms with van der Waals surface area (Å²) in [5.41, 5.74) is 1.78. The number of nitrogens with one attached hydrogen (secondary N) is 1. The zero-order valence-electron chi connectivity index (χ0n) is 19.0. The predicted octanol–water partition coefficient (Wildman–Crippen LogP) is 3.35. The van der Waals surface area contributed by atoms with Gasteiger partial charge in [0.1, 0.15) is 0 Å². The van der Waals surface area contributed by atoms with Crippen LogP contribution >= 0.6 is 0 Å². The van der Waals surface area contributed by atoms with Crippen LogP contribution in [0.5, 0.6) is 0 Å². The van der Waals surface area contributed by atoms with E-state index in [9.17, 15) is 4.79 Å². The van der Waals surface area contributed by atoms with Crippen LogP contribution in [0.3, 0.4) is 0 Å². The summed E-state index contributed by atoms with van der Waals surface area (Å²) >= 11 is 0. The van der Waals surface area contributed by atoms with Crippen LogP contribution in [-0.4, -0.2) is 89.2 Å². The van der Waals surface area contributed by atoms with E-state index in [1.807, 2.05) is 35.4 Å². The summed E-state index contributed by atoms with van der Waals surface area (Å²) in [6.45, 7) is 11.7. The summed E-state index contributed by atoms with van der Waals surface area (Å²) in [6, 6.07) is 9.20. The van der Waals surface area contributed by atoms with Crippen molar-refractivity contribution >= 4 is 16.8 Å². The van der Waals surface area contributed by atoms with Crippen LogP contribution in [0.15, 0.2) is 30.5 Å². The number of H-pyrrole nitrogens is 1. The van der Waals surface area contributed by atoms with Crippen molar-refractivity contribution in [3.63, 3.8) is 0 Å². The van der Waals surface area contributed by atoms with E-state index in [0.717, 1.165) is 61.8 Å². The fourth-order valence-electron chi connectivity index (χ4n) is 5.84. The van der Waals surface area contributed by atoms with E-state index in [1.165, 1.54) is 26.2 Å². The molecule has 1 amide bonds. The minimum atomic E-state index is -0.0467. The summed E-state index contributed by atoms with van der Waals surface area (Å²) < 4.78 is 6.40. The topological polar surface area (TPSA) is 51.8 Å². The van der Waals surface area contributed by atoms with Crippen LogP contribution in [-0.2, 0) is 4.74 Å². The molecule has 168 valence electrons. The molecule has 2 aromatic rings. The van der Waals surface area contributed by atoms with E-state index in [2.05, 4.69) is 28.6 Å². The molecule has 3 aliphatic heterocycles. The van der Waals surface area contributed by atoms with Gasteiger partial charge < -0.3 is 14.6 Å². The van der Waals surface area contributed by atoms with Gasteiger partial charge in [0, 0.05) is 80.6 Å². The quantitative estimate of drug-likeness (QED) is 0.821. The molecule has 1 atom stereocenters. The number of hydrogen-bond donors (Lipinski definition) is 1. The molecule has 1 N–H and O–H groups in total. The molecule has 0 saturated carbocycles. The molecule has 4 heterocycles. The van der Waals surface area contributed by atoms with Gasteiger partial charge in [-0.15, -0.1) is 0 Å². The molecule has 5 rings (SSSR count). The molecular weight excluding hydrogens is 388 g/mol. The number of piperidine rings is 1. The molecule has 0 aliphatic carbocycles. The molecule has 1 aromatic carbocycles. The number of benzene rings is 1. The monoisotopic (exact) mass is 424 g/mol. The zero-order chi connectivity index (χ0) is 21.4. The second kappa shape index (κ2) is 8.57. The predicted molar refractivity (Wildman–Crippen MR) is 123 cm³/mol.